The number of benzene rings is 1. The number of amides is 1. The van der Waals surface area contributed by atoms with E-state index in [0.717, 1.165) is 32.5 Å². The molecule has 0 aliphatic carbocycles. The van der Waals surface area contributed by atoms with E-state index in [-0.39, 0.29) is 18.1 Å². The van der Waals surface area contributed by atoms with E-state index < -0.39 is 0 Å². The predicted octanol–water partition coefficient (Wildman–Crippen LogP) is 2.06. The van der Waals surface area contributed by atoms with Crippen molar-refractivity contribution < 1.29 is 9.53 Å². The maximum absolute atomic E-state index is 12.1. The van der Waals surface area contributed by atoms with Crippen LogP contribution in [-0.4, -0.2) is 55.1 Å². The Morgan fingerprint density at radius 1 is 1.32 bits per heavy atom. The Morgan fingerprint density at radius 3 is 2.73 bits per heavy atom. The van der Waals surface area contributed by atoms with Crippen molar-refractivity contribution in [1.82, 2.24) is 9.80 Å². The highest BCUT2D eigenvalue weighted by Crippen LogP contribution is 2.34. The molecule has 4 nitrogen and oxygen atoms in total. The zero-order chi connectivity index (χ0) is 15.7. The average Bonchev–Trinajstić information content (AvgIpc) is 2.91. The van der Waals surface area contributed by atoms with Crippen molar-refractivity contribution >= 4 is 5.91 Å². The molecule has 2 aliphatic heterocycles. The van der Waals surface area contributed by atoms with E-state index in [1.165, 1.54) is 11.1 Å². The monoisotopic (exact) mass is 302 g/mol. The van der Waals surface area contributed by atoms with Gasteiger partial charge in [0.1, 0.15) is 6.10 Å². The van der Waals surface area contributed by atoms with E-state index in [1.807, 2.05) is 0 Å². The van der Waals surface area contributed by atoms with Gasteiger partial charge in [0, 0.05) is 27.2 Å². The summed E-state index contributed by atoms with van der Waals surface area (Å²) < 4.78 is 6.04. The molecule has 2 heterocycles. The third-order valence-electron chi connectivity index (χ3n) is 4.88. The summed E-state index contributed by atoms with van der Waals surface area (Å²) in [7, 11) is 3.61. The number of aryl methyl sites for hydroxylation is 1. The summed E-state index contributed by atoms with van der Waals surface area (Å²) in [6, 6.07) is 8.74. The molecule has 2 aliphatic rings. The number of hydrogen-bond donors (Lipinski definition) is 0. The Labute approximate surface area is 133 Å². The Balaban J connectivity index is 1.57. The fourth-order valence-corrected chi connectivity index (χ4v) is 3.54. The van der Waals surface area contributed by atoms with E-state index in [0.29, 0.717) is 5.92 Å². The van der Waals surface area contributed by atoms with Crippen molar-refractivity contribution in [3.63, 3.8) is 0 Å². The maximum atomic E-state index is 12.1. The van der Waals surface area contributed by atoms with Crippen LogP contribution in [0.25, 0.3) is 0 Å². The van der Waals surface area contributed by atoms with Gasteiger partial charge in [-0.25, -0.2) is 0 Å². The van der Waals surface area contributed by atoms with Crippen molar-refractivity contribution in [3.05, 3.63) is 35.4 Å². The lowest BCUT2D eigenvalue weighted by atomic mass is 9.91. The van der Waals surface area contributed by atoms with E-state index in [1.54, 1.807) is 19.0 Å². The summed E-state index contributed by atoms with van der Waals surface area (Å²) in [5.41, 5.74) is 2.65. The topological polar surface area (TPSA) is 32.8 Å². The Bertz CT molecular complexity index is 526. The summed E-state index contributed by atoms with van der Waals surface area (Å²) in [6.45, 7) is 5.12. The van der Waals surface area contributed by atoms with Gasteiger partial charge in [0.2, 0.25) is 0 Å². The molecule has 0 N–H and O–H groups in total. The molecule has 22 heavy (non-hydrogen) atoms. The molecule has 0 spiro atoms. The van der Waals surface area contributed by atoms with Crippen molar-refractivity contribution in [1.29, 1.82) is 0 Å². The van der Waals surface area contributed by atoms with Crippen LogP contribution in [0.3, 0.4) is 0 Å². The molecule has 1 aromatic rings. The molecule has 0 radical (unpaired) electrons. The normalized spacial score (nSPS) is 28.4. The van der Waals surface area contributed by atoms with Gasteiger partial charge in [-0.3, -0.25) is 9.69 Å². The first-order valence-corrected chi connectivity index (χ1v) is 8.17. The van der Waals surface area contributed by atoms with Crippen molar-refractivity contribution in [2.24, 2.45) is 5.92 Å². The Morgan fingerprint density at radius 2 is 2.05 bits per heavy atom. The lowest BCUT2D eigenvalue weighted by Gasteiger charge is -2.34. The van der Waals surface area contributed by atoms with Crippen LogP contribution in [0, 0.1) is 12.8 Å². The number of fused-ring (bicyclic) bond motifs is 1. The number of ether oxygens (including phenoxy) is 1. The second-order valence-electron chi connectivity index (χ2n) is 6.90. The van der Waals surface area contributed by atoms with Gasteiger partial charge in [0.05, 0.1) is 6.10 Å². The number of nitrogens with zero attached hydrogens (tertiary/aromatic N) is 2. The van der Waals surface area contributed by atoms with Crippen LogP contribution in [0.2, 0.25) is 0 Å². The highest BCUT2D eigenvalue weighted by Gasteiger charge is 2.42. The summed E-state index contributed by atoms with van der Waals surface area (Å²) >= 11 is 0. The SMILES string of the molecule is Cc1ccc(CN2CC[C@H]3C[C@@H](C(=O)N(C)C)O[C@@H]3C2)cc1. The van der Waals surface area contributed by atoms with Gasteiger partial charge in [-0.2, -0.15) is 0 Å². The van der Waals surface area contributed by atoms with Gasteiger partial charge in [-0.1, -0.05) is 29.8 Å². The first-order valence-electron chi connectivity index (χ1n) is 8.17. The molecule has 0 unspecified atom stereocenters. The standard InChI is InChI=1S/C18H26N2O2/c1-13-4-6-14(7-5-13)11-20-9-8-15-10-16(18(21)19(2)3)22-17(15)12-20/h4-7,15-17H,8-12H2,1-3H3/t15-,16-,17+/m0/s1. The molecule has 2 fully saturated rings. The fourth-order valence-electron chi connectivity index (χ4n) is 3.54. The molecule has 3 atom stereocenters. The van der Waals surface area contributed by atoms with Gasteiger partial charge in [-0.05, 0) is 37.8 Å². The summed E-state index contributed by atoms with van der Waals surface area (Å²) in [5.74, 6) is 0.655. The second kappa shape index (κ2) is 6.39. The highest BCUT2D eigenvalue weighted by molar-refractivity contribution is 5.80. The minimum absolute atomic E-state index is 0.111. The maximum Gasteiger partial charge on any atom is 0.251 e. The van der Waals surface area contributed by atoms with Crippen LogP contribution in [0.15, 0.2) is 24.3 Å². The number of hydrogen-bond acceptors (Lipinski definition) is 3. The first kappa shape index (κ1) is 15.5. The lowest BCUT2D eigenvalue weighted by molar-refractivity contribution is -0.141. The van der Waals surface area contributed by atoms with Gasteiger partial charge in [0.15, 0.2) is 0 Å². The number of likely N-dealkylation sites (N-methyl/N-ethyl adjacent to an activating group) is 1. The third-order valence-corrected chi connectivity index (χ3v) is 4.88. The summed E-state index contributed by atoms with van der Waals surface area (Å²) in [5, 5.41) is 0. The van der Waals surface area contributed by atoms with Crippen LogP contribution in [0.4, 0.5) is 0 Å². The van der Waals surface area contributed by atoms with Gasteiger partial charge >= 0.3 is 0 Å². The molecule has 1 amide bonds. The van der Waals surface area contributed by atoms with Crippen LogP contribution in [0.5, 0.6) is 0 Å². The molecule has 4 heteroatoms. The van der Waals surface area contributed by atoms with Crippen molar-refractivity contribution in [3.8, 4) is 0 Å². The quantitative estimate of drug-likeness (QED) is 0.857. The fraction of sp³-hybridized carbons (Fsp3) is 0.611. The molecule has 3 rings (SSSR count). The summed E-state index contributed by atoms with van der Waals surface area (Å²) in [4.78, 5) is 16.2. The van der Waals surface area contributed by atoms with E-state index in [4.69, 9.17) is 4.74 Å². The van der Waals surface area contributed by atoms with E-state index in [2.05, 4.69) is 36.1 Å². The largest absolute Gasteiger partial charge is 0.364 e. The van der Waals surface area contributed by atoms with E-state index >= 15 is 0 Å². The van der Waals surface area contributed by atoms with Crippen LogP contribution in [-0.2, 0) is 16.1 Å². The molecule has 2 saturated heterocycles. The van der Waals surface area contributed by atoms with Crippen LogP contribution in [0.1, 0.15) is 24.0 Å². The van der Waals surface area contributed by atoms with Crippen molar-refractivity contribution in [2.45, 2.75) is 38.5 Å². The molecular formula is C18H26N2O2. The zero-order valence-electron chi connectivity index (χ0n) is 13.8. The smallest absolute Gasteiger partial charge is 0.251 e. The van der Waals surface area contributed by atoms with Crippen molar-refractivity contribution in [2.75, 3.05) is 27.2 Å². The molecular weight excluding hydrogens is 276 g/mol. The molecule has 120 valence electrons. The molecule has 0 bridgehead atoms. The Kier molecular flexibility index (Phi) is 4.50. The number of rotatable bonds is 3. The van der Waals surface area contributed by atoms with E-state index in [9.17, 15) is 4.79 Å². The minimum Gasteiger partial charge on any atom is -0.364 e. The number of likely N-dealkylation sites (tertiary alicyclic amines) is 1. The second-order valence-corrected chi connectivity index (χ2v) is 6.90. The zero-order valence-corrected chi connectivity index (χ0v) is 13.8. The minimum atomic E-state index is -0.232. The molecule has 1 aromatic carbocycles. The summed E-state index contributed by atoms with van der Waals surface area (Å²) in [6.07, 6.45) is 2.01. The average molecular weight is 302 g/mol. The predicted molar refractivity (Wildman–Crippen MR) is 86.5 cm³/mol. The lowest BCUT2D eigenvalue weighted by Crippen LogP contribution is -2.42. The third kappa shape index (κ3) is 3.33. The van der Waals surface area contributed by atoms with Gasteiger partial charge < -0.3 is 9.64 Å². The molecule has 0 aromatic heterocycles. The first-order chi connectivity index (χ1) is 10.5. The van der Waals surface area contributed by atoms with Crippen LogP contribution < -0.4 is 0 Å². The Hall–Kier alpha value is -1.39. The van der Waals surface area contributed by atoms with Gasteiger partial charge in [0.25, 0.3) is 5.91 Å². The van der Waals surface area contributed by atoms with Crippen LogP contribution >= 0.6 is 0 Å². The molecule has 0 saturated carbocycles. The highest BCUT2D eigenvalue weighted by atomic mass is 16.5. The number of carbonyl (C=O) groups is 1. The number of piperidine rings is 1. The van der Waals surface area contributed by atoms with Gasteiger partial charge in [-0.15, -0.1) is 0 Å². The number of carbonyl (C=O) groups excluding carboxylic acids is 1.